The first-order valence-electron chi connectivity index (χ1n) is 14.9. The van der Waals surface area contributed by atoms with Crippen LogP contribution >= 0.6 is 0 Å². The molecule has 8 rings (SSSR count). The summed E-state index contributed by atoms with van der Waals surface area (Å²) >= 11 is 0. The van der Waals surface area contributed by atoms with E-state index in [1.807, 2.05) is 72.8 Å². The van der Waals surface area contributed by atoms with Gasteiger partial charge in [0.2, 0.25) is 5.89 Å². The molecule has 0 radical (unpaired) electrons. The molecule has 2 heterocycles. The van der Waals surface area contributed by atoms with Gasteiger partial charge in [-0.25, -0.2) is 15.0 Å². The molecule has 2 aromatic heterocycles. The molecule has 0 aliphatic carbocycles. The van der Waals surface area contributed by atoms with Gasteiger partial charge in [0.15, 0.2) is 11.4 Å². The Morgan fingerprint density at radius 2 is 0.778 bits per heavy atom. The predicted octanol–water partition coefficient (Wildman–Crippen LogP) is 10.6. The van der Waals surface area contributed by atoms with E-state index in [1.54, 1.807) is 0 Å². The topological polar surface area (TPSA) is 51.8 Å². The zero-order valence-electron chi connectivity index (χ0n) is 24.3. The van der Waals surface area contributed by atoms with Crippen molar-refractivity contribution in [1.82, 2.24) is 15.0 Å². The normalized spacial score (nSPS) is 11.1. The SMILES string of the molecule is c1ccc(-c2ccc(-c3cc(-c4ccc(-c5ccc6oc(-c7ccccc7)nc6c5)cc4)nc(-c4ccccc4)n3)cc2)cc1. The van der Waals surface area contributed by atoms with E-state index in [1.165, 1.54) is 11.1 Å². The Kier molecular flexibility index (Phi) is 6.78. The van der Waals surface area contributed by atoms with Gasteiger partial charge >= 0.3 is 0 Å². The molecule has 45 heavy (non-hydrogen) atoms. The van der Waals surface area contributed by atoms with Crippen LogP contribution in [0.5, 0.6) is 0 Å². The van der Waals surface area contributed by atoms with Crippen molar-refractivity contribution in [2.45, 2.75) is 0 Å². The highest BCUT2D eigenvalue weighted by atomic mass is 16.3. The van der Waals surface area contributed by atoms with E-state index < -0.39 is 0 Å². The first kappa shape index (κ1) is 26.5. The maximum absolute atomic E-state index is 6.02. The Morgan fingerprint density at radius 3 is 1.36 bits per heavy atom. The summed E-state index contributed by atoms with van der Waals surface area (Å²) in [5.74, 6) is 1.33. The van der Waals surface area contributed by atoms with Gasteiger partial charge in [-0.2, -0.15) is 0 Å². The van der Waals surface area contributed by atoms with Gasteiger partial charge in [-0.3, -0.25) is 0 Å². The molecule has 8 aromatic rings. The second-order valence-corrected chi connectivity index (χ2v) is 10.9. The summed E-state index contributed by atoms with van der Waals surface area (Å²) in [7, 11) is 0. The number of nitrogens with zero attached hydrogens (tertiary/aromatic N) is 3. The van der Waals surface area contributed by atoms with E-state index in [2.05, 4.69) is 91.0 Å². The molecule has 0 atom stereocenters. The summed E-state index contributed by atoms with van der Waals surface area (Å²) in [6.45, 7) is 0. The van der Waals surface area contributed by atoms with Crippen LogP contribution in [0.1, 0.15) is 0 Å². The number of hydrogen-bond donors (Lipinski definition) is 0. The molecule has 0 N–H and O–H groups in total. The highest BCUT2D eigenvalue weighted by Crippen LogP contribution is 2.32. The molecule has 0 aliphatic heterocycles. The van der Waals surface area contributed by atoms with Crippen LogP contribution in [0.4, 0.5) is 0 Å². The minimum absolute atomic E-state index is 0.626. The number of rotatable bonds is 6. The van der Waals surface area contributed by atoms with E-state index in [0.717, 1.165) is 55.9 Å². The number of fused-ring (bicyclic) bond motifs is 1. The molecule has 4 heteroatoms. The zero-order chi connectivity index (χ0) is 30.0. The first-order valence-corrected chi connectivity index (χ1v) is 14.9. The maximum atomic E-state index is 6.02. The maximum Gasteiger partial charge on any atom is 0.227 e. The van der Waals surface area contributed by atoms with Gasteiger partial charge in [-0.05, 0) is 52.6 Å². The van der Waals surface area contributed by atoms with E-state index in [9.17, 15) is 0 Å². The molecule has 0 spiro atoms. The Morgan fingerprint density at radius 1 is 0.333 bits per heavy atom. The van der Waals surface area contributed by atoms with Gasteiger partial charge in [-0.1, -0.05) is 133 Å². The Hall–Kier alpha value is -6.13. The van der Waals surface area contributed by atoms with E-state index >= 15 is 0 Å². The van der Waals surface area contributed by atoms with Crippen molar-refractivity contribution >= 4 is 11.1 Å². The predicted molar refractivity (Wildman–Crippen MR) is 182 cm³/mol. The minimum Gasteiger partial charge on any atom is -0.436 e. The van der Waals surface area contributed by atoms with Gasteiger partial charge in [0, 0.05) is 22.3 Å². The van der Waals surface area contributed by atoms with Crippen LogP contribution in [-0.4, -0.2) is 15.0 Å². The third kappa shape index (κ3) is 5.41. The number of hydrogen-bond acceptors (Lipinski definition) is 4. The highest BCUT2D eigenvalue weighted by molar-refractivity contribution is 5.83. The van der Waals surface area contributed by atoms with Crippen LogP contribution in [0.15, 0.2) is 168 Å². The lowest BCUT2D eigenvalue weighted by molar-refractivity contribution is 0.620. The molecule has 0 amide bonds. The van der Waals surface area contributed by atoms with Crippen LogP contribution in [0.25, 0.3) is 78.7 Å². The fourth-order valence-corrected chi connectivity index (χ4v) is 5.57. The summed E-state index contributed by atoms with van der Waals surface area (Å²) in [4.78, 5) is 14.7. The first-order chi connectivity index (χ1) is 22.3. The smallest absolute Gasteiger partial charge is 0.227 e. The molecule has 4 nitrogen and oxygen atoms in total. The van der Waals surface area contributed by atoms with Crippen LogP contribution < -0.4 is 0 Å². The fourth-order valence-electron chi connectivity index (χ4n) is 5.57. The van der Waals surface area contributed by atoms with Crippen LogP contribution in [-0.2, 0) is 0 Å². The Balaban J connectivity index is 1.14. The van der Waals surface area contributed by atoms with Gasteiger partial charge < -0.3 is 4.42 Å². The number of oxazole rings is 1. The van der Waals surface area contributed by atoms with Crippen molar-refractivity contribution in [3.8, 4) is 67.6 Å². The summed E-state index contributed by atoms with van der Waals surface area (Å²) in [5, 5.41) is 0. The molecule has 0 bridgehead atoms. The number of benzene rings is 6. The molecular weight excluding hydrogens is 550 g/mol. The molecule has 6 aromatic carbocycles. The lowest BCUT2D eigenvalue weighted by atomic mass is 10.0. The van der Waals surface area contributed by atoms with Crippen molar-refractivity contribution in [2.24, 2.45) is 0 Å². The average molecular weight is 578 g/mol. The standard InChI is InChI=1S/C41H27N3O/c1-4-10-28(11-5-1)29-16-20-31(21-17-29)36-27-37(43-40(42-36)33-12-6-2-7-13-33)32-22-18-30(19-23-32)35-24-25-39-38(26-35)44-41(45-39)34-14-8-3-9-15-34/h1-27H. The monoisotopic (exact) mass is 577 g/mol. The third-order valence-electron chi connectivity index (χ3n) is 7.97. The minimum atomic E-state index is 0.626. The quantitative estimate of drug-likeness (QED) is 0.197. The molecule has 212 valence electrons. The van der Waals surface area contributed by atoms with E-state index in [-0.39, 0.29) is 0 Å². The molecule has 0 unspecified atom stereocenters. The average Bonchev–Trinajstić information content (AvgIpc) is 3.57. The lowest BCUT2D eigenvalue weighted by Crippen LogP contribution is -1.96. The van der Waals surface area contributed by atoms with Crippen molar-refractivity contribution in [3.05, 3.63) is 164 Å². The molecule has 0 aliphatic rings. The van der Waals surface area contributed by atoms with Gasteiger partial charge in [-0.15, -0.1) is 0 Å². The van der Waals surface area contributed by atoms with Crippen LogP contribution in [0, 0.1) is 0 Å². The highest BCUT2D eigenvalue weighted by Gasteiger charge is 2.13. The van der Waals surface area contributed by atoms with Gasteiger partial charge in [0.1, 0.15) is 5.52 Å². The number of aromatic nitrogens is 3. The zero-order valence-corrected chi connectivity index (χ0v) is 24.3. The van der Waals surface area contributed by atoms with Crippen molar-refractivity contribution in [1.29, 1.82) is 0 Å². The van der Waals surface area contributed by atoms with Crippen molar-refractivity contribution in [3.63, 3.8) is 0 Å². The van der Waals surface area contributed by atoms with Crippen molar-refractivity contribution < 1.29 is 4.42 Å². The fraction of sp³-hybridized carbons (Fsp3) is 0. The Labute approximate surface area is 261 Å². The Bertz CT molecular complexity index is 2220. The van der Waals surface area contributed by atoms with Gasteiger partial charge in [0.05, 0.1) is 11.4 Å². The summed E-state index contributed by atoms with van der Waals surface area (Å²) in [5.41, 5.74) is 11.9. The molecule has 0 saturated heterocycles. The lowest BCUT2D eigenvalue weighted by Gasteiger charge is -2.11. The summed E-state index contributed by atoms with van der Waals surface area (Å²) in [6.07, 6.45) is 0. The second-order valence-electron chi connectivity index (χ2n) is 10.9. The molecule has 0 fully saturated rings. The van der Waals surface area contributed by atoms with E-state index in [4.69, 9.17) is 19.4 Å². The second kappa shape index (κ2) is 11.5. The van der Waals surface area contributed by atoms with Crippen LogP contribution in [0.2, 0.25) is 0 Å². The summed E-state index contributed by atoms with van der Waals surface area (Å²) < 4.78 is 6.02. The molecular formula is C41H27N3O. The van der Waals surface area contributed by atoms with Crippen molar-refractivity contribution in [2.75, 3.05) is 0 Å². The summed E-state index contributed by atoms with van der Waals surface area (Å²) in [6, 6.07) is 55.8. The van der Waals surface area contributed by atoms with Gasteiger partial charge in [0.25, 0.3) is 0 Å². The van der Waals surface area contributed by atoms with Crippen LogP contribution in [0.3, 0.4) is 0 Å². The van der Waals surface area contributed by atoms with E-state index in [0.29, 0.717) is 11.7 Å². The largest absolute Gasteiger partial charge is 0.436 e. The molecule has 0 saturated carbocycles. The third-order valence-corrected chi connectivity index (χ3v) is 7.97.